The molecule has 1 fully saturated rings. The van der Waals surface area contributed by atoms with E-state index in [0.717, 1.165) is 18.5 Å². The SMILES string of the molecule is CCNC(CCCc1cccs1)CC1CCCCC1. The summed E-state index contributed by atoms with van der Waals surface area (Å²) in [5, 5.41) is 5.91. The van der Waals surface area contributed by atoms with Crippen molar-refractivity contribution in [3.8, 4) is 0 Å². The lowest BCUT2D eigenvalue weighted by atomic mass is 9.84. The molecule has 0 saturated heterocycles. The van der Waals surface area contributed by atoms with Crippen LogP contribution in [0.1, 0.15) is 63.2 Å². The lowest BCUT2D eigenvalue weighted by molar-refractivity contribution is 0.290. The standard InChI is InChI=1S/C17H29NS/c1-2-18-16(14-15-8-4-3-5-9-15)10-6-11-17-12-7-13-19-17/h7,12-13,15-16,18H,2-6,8-11,14H2,1H3. The van der Waals surface area contributed by atoms with Crippen LogP contribution in [0.25, 0.3) is 0 Å². The second kappa shape index (κ2) is 8.76. The van der Waals surface area contributed by atoms with Crippen molar-refractivity contribution in [1.29, 1.82) is 0 Å². The van der Waals surface area contributed by atoms with Gasteiger partial charge in [0, 0.05) is 10.9 Å². The molecule has 1 N–H and O–H groups in total. The Morgan fingerprint density at radius 2 is 2.16 bits per heavy atom. The van der Waals surface area contributed by atoms with E-state index in [9.17, 15) is 0 Å². The van der Waals surface area contributed by atoms with Crippen molar-refractivity contribution >= 4 is 11.3 Å². The van der Waals surface area contributed by atoms with Crippen LogP contribution in [0.15, 0.2) is 17.5 Å². The maximum absolute atomic E-state index is 3.71. The highest BCUT2D eigenvalue weighted by molar-refractivity contribution is 7.09. The normalized spacial score (nSPS) is 18.6. The largest absolute Gasteiger partial charge is 0.314 e. The minimum Gasteiger partial charge on any atom is -0.314 e. The van der Waals surface area contributed by atoms with Gasteiger partial charge in [-0.15, -0.1) is 11.3 Å². The van der Waals surface area contributed by atoms with Crippen LogP contribution in [0.3, 0.4) is 0 Å². The van der Waals surface area contributed by atoms with Crippen LogP contribution in [0.4, 0.5) is 0 Å². The maximum atomic E-state index is 3.71. The van der Waals surface area contributed by atoms with E-state index >= 15 is 0 Å². The second-order valence-electron chi connectivity index (χ2n) is 5.97. The Morgan fingerprint density at radius 3 is 2.84 bits per heavy atom. The third-order valence-corrected chi connectivity index (χ3v) is 5.33. The fourth-order valence-electron chi connectivity index (χ4n) is 3.39. The van der Waals surface area contributed by atoms with Crippen molar-refractivity contribution in [3.63, 3.8) is 0 Å². The van der Waals surface area contributed by atoms with Gasteiger partial charge in [0.1, 0.15) is 0 Å². The maximum Gasteiger partial charge on any atom is 0.00697 e. The third kappa shape index (κ3) is 5.66. The first-order chi connectivity index (χ1) is 9.38. The first kappa shape index (κ1) is 15.1. The topological polar surface area (TPSA) is 12.0 Å². The Hall–Kier alpha value is -0.340. The Labute approximate surface area is 122 Å². The number of rotatable bonds is 8. The molecule has 1 aromatic heterocycles. The van der Waals surface area contributed by atoms with Gasteiger partial charge in [-0.2, -0.15) is 0 Å². The van der Waals surface area contributed by atoms with E-state index in [1.807, 2.05) is 11.3 Å². The van der Waals surface area contributed by atoms with Gasteiger partial charge in [0.05, 0.1) is 0 Å². The number of aryl methyl sites for hydroxylation is 1. The summed E-state index contributed by atoms with van der Waals surface area (Å²) in [6.07, 6.45) is 12.7. The molecule has 1 aliphatic rings. The monoisotopic (exact) mass is 279 g/mol. The quantitative estimate of drug-likeness (QED) is 0.704. The van der Waals surface area contributed by atoms with Gasteiger partial charge in [-0.3, -0.25) is 0 Å². The molecule has 2 rings (SSSR count). The van der Waals surface area contributed by atoms with Crippen LogP contribution in [0.2, 0.25) is 0 Å². The first-order valence-corrected chi connectivity index (χ1v) is 9.02. The Kier molecular flexibility index (Phi) is 6.94. The molecule has 1 aliphatic carbocycles. The third-order valence-electron chi connectivity index (χ3n) is 4.39. The summed E-state index contributed by atoms with van der Waals surface area (Å²) in [5.41, 5.74) is 0. The van der Waals surface area contributed by atoms with Crippen molar-refractivity contribution in [2.24, 2.45) is 5.92 Å². The summed E-state index contributed by atoms with van der Waals surface area (Å²) in [6, 6.07) is 5.20. The minimum atomic E-state index is 0.757. The van der Waals surface area contributed by atoms with Crippen LogP contribution in [0, 0.1) is 5.92 Å². The molecule has 0 spiro atoms. The average Bonchev–Trinajstić information content (AvgIpc) is 2.93. The molecule has 0 radical (unpaired) electrons. The van der Waals surface area contributed by atoms with E-state index in [0.29, 0.717) is 0 Å². The predicted octanol–water partition coefficient (Wildman–Crippen LogP) is 5.02. The second-order valence-corrected chi connectivity index (χ2v) is 7.00. The Morgan fingerprint density at radius 1 is 1.32 bits per heavy atom. The van der Waals surface area contributed by atoms with Gasteiger partial charge >= 0.3 is 0 Å². The van der Waals surface area contributed by atoms with Crippen LogP contribution in [-0.4, -0.2) is 12.6 Å². The van der Waals surface area contributed by atoms with Gasteiger partial charge in [-0.25, -0.2) is 0 Å². The molecule has 2 heteroatoms. The van der Waals surface area contributed by atoms with Gasteiger partial charge in [0.15, 0.2) is 0 Å². The van der Waals surface area contributed by atoms with Crippen molar-refractivity contribution in [1.82, 2.24) is 5.32 Å². The van der Waals surface area contributed by atoms with Crippen LogP contribution >= 0.6 is 11.3 Å². The summed E-state index contributed by atoms with van der Waals surface area (Å²) in [6.45, 7) is 3.36. The highest BCUT2D eigenvalue weighted by Gasteiger charge is 2.18. The molecule has 108 valence electrons. The molecule has 0 bridgehead atoms. The molecular formula is C17H29NS. The molecule has 1 aromatic rings. The molecule has 0 aromatic carbocycles. The molecule has 1 nitrogen and oxygen atoms in total. The molecule has 1 unspecified atom stereocenters. The lowest BCUT2D eigenvalue weighted by Gasteiger charge is -2.27. The van der Waals surface area contributed by atoms with E-state index < -0.39 is 0 Å². The Bertz CT molecular complexity index is 314. The fraction of sp³-hybridized carbons (Fsp3) is 0.765. The lowest BCUT2D eigenvalue weighted by Crippen LogP contribution is -2.31. The molecule has 19 heavy (non-hydrogen) atoms. The van der Waals surface area contributed by atoms with E-state index in [2.05, 4.69) is 29.8 Å². The highest BCUT2D eigenvalue weighted by Crippen LogP contribution is 2.28. The number of hydrogen-bond acceptors (Lipinski definition) is 2. The number of nitrogens with one attached hydrogen (secondary N) is 1. The first-order valence-electron chi connectivity index (χ1n) is 8.14. The van der Waals surface area contributed by atoms with E-state index in [-0.39, 0.29) is 0 Å². The van der Waals surface area contributed by atoms with Crippen LogP contribution in [0.5, 0.6) is 0 Å². The zero-order chi connectivity index (χ0) is 13.3. The fourth-order valence-corrected chi connectivity index (χ4v) is 4.15. The summed E-state index contributed by atoms with van der Waals surface area (Å²) in [4.78, 5) is 1.55. The number of thiophene rings is 1. The van der Waals surface area contributed by atoms with Gasteiger partial charge in [0.25, 0.3) is 0 Å². The number of hydrogen-bond donors (Lipinski definition) is 1. The zero-order valence-corrected chi connectivity index (χ0v) is 13.2. The van der Waals surface area contributed by atoms with Crippen molar-refractivity contribution in [3.05, 3.63) is 22.4 Å². The smallest absolute Gasteiger partial charge is 0.00697 e. The van der Waals surface area contributed by atoms with Gasteiger partial charge in [-0.05, 0) is 49.6 Å². The van der Waals surface area contributed by atoms with E-state index in [1.165, 1.54) is 57.8 Å². The molecule has 0 aliphatic heterocycles. The van der Waals surface area contributed by atoms with Gasteiger partial charge in [-0.1, -0.05) is 45.1 Å². The van der Waals surface area contributed by atoms with E-state index in [1.54, 1.807) is 4.88 Å². The summed E-state index contributed by atoms with van der Waals surface area (Å²) in [5.74, 6) is 1.000. The van der Waals surface area contributed by atoms with Crippen molar-refractivity contribution in [2.45, 2.75) is 70.8 Å². The van der Waals surface area contributed by atoms with Crippen LogP contribution in [-0.2, 0) is 6.42 Å². The molecule has 1 saturated carbocycles. The highest BCUT2D eigenvalue weighted by atomic mass is 32.1. The average molecular weight is 279 g/mol. The zero-order valence-electron chi connectivity index (χ0n) is 12.4. The molecule has 1 heterocycles. The Balaban J connectivity index is 1.68. The van der Waals surface area contributed by atoms with Gasteiger partial charge < -0.3 is 5.32 Å². The molecular weight excluding hydrogens is 250 g/mol. The molecule has 0 amide bonds. The van der Waals surface area contributed by atoms with Crippen molar-refractivity contribution < 1.29 is 0 Å². The summed E-state index contributed by atoms with van der Waals surface area (Å²) >= 11 is 1.90. The summed E-state index contributed by atoms with van der Waals surface area (Å²) in [7, 11) is 0. The summed E-state index contributed by atoms with van der Waals surface area (Å²) < 4.78 is 0. The minimum absolute atomic E-state index is 0.757. The van der Waals surface area contributed by atoms with Crippen LogP contribution < -0.4 is 5.32 Å². The van der Waals surface area contributed by atoms with Crippen molar-refractivity contribution in [2.75, 3.05) is 6.54 Å². The molecule has 1 atom stereocenters. The van der Waals surface area contributed by atoms with Gasteiger partial charge in [0.2, 0.25) is 0 Å². The predicted molar refractivity (Wildman–Crippen MR) is 85.9 cm³/mol. The van der Waals surface area contributed by atoms with E-state index in [4.69, 9.17) is 0 Å².